The molecule has 0 bridgehead atoms. The minimum absolute atomic E-state index is 0.0745. The van der Waals surface area contributed by atoms with Crippen molar-refractivity contribution in [1.82, 2.24) is 5.32 Å². The second-order valence-corrected chi connectivity index (χ2v) is 8.88. The van der Waals surface area contributed by atoms with Crippen molar-refractivity contribution >= 4 is 11.7 Å². The highest BCUT2D eigenvalue weighted by atomic mass is 16.5. The molecule has 0 aromatic carbocycles. The monoisotopic (exact) mass is 381 g/mol. The van der Waals surface area contributed by atoms with Gasteiger partial charge in [0.15, 0.2) is 0 Å². The highest BCUT2D eigenvalue weighted by Crippen LogP contribution is 2.27. The molecule has 0 aromatic heterocycles. The van der Waals surface area contributed by atoms with Gasteiger partial charge in [0, 0.05) is 24.3 Å². The Morgan fingerprint density at radius 1 is 0.889 bits per heavy atom. The lowest BCUT2D eigenvalue weighted by molar-refractivity contribution is -0.127. The maximum absolute atomic E-state index is 12.2. The lowest BCUT2D eigenvalue weighted by Crippen LogP contribution is -2.39. The smallest absolute Gasteiger partial charge is 0.222 e. The third kappa shape index (κ3) is 7.90. The molecule has 2 rings (SSSR count). The molecule has 0 heterocycles. The minimum Gasteiger partial charge on any atom is -0.378 e. The van der Waals surface area contributed by atoms with E-state index in [2.05, 4.69) is 19.2 Å². The Bertz CT molecular complexity index is 461. The van der Waals surface area contributed by atoms with E-state index in [1.54, 1.807) is 0 Å². The van der Waals surface area contributed by atoms with Crippen LogP contribution in [0.4, 0.5) is 0 Å². The third-order valence-corrected chi connectivity index (χ3v) is 5.83. The molecule has 0 aromatic rings. The topological polar surface area (TPSA) is 64.6 Å². The highest BCUT2D eigenvalue weighted by Gasteiger charge is 2.28. The fourth-order valence-corrected chi connectivity index (χ4v) is 4.33. The molecule has 0 aliphatic heterocycles. The van der Waals surface area contributed by atoms with Crippen LogP contribution < -0.4 is 5.32 Å². The molecule has 156 valence electrons. The van der Waals surface area contributed by atoms with Gasteiger partial charge < -0.3 is 14.8 Å². The summed E-state index contributed by atoms with van der Waals surface area (Å²) >= 11 is 0. The lowest BCUT2D eigenvalue weighted by atomic mass is 9.80. The minimum atomic E-state index is 0.0745. The lowest BCUT2D eigenvalue weighted by Gasteiger charge is -2.30. The summed E-state index contributed by atoms with van der Waals surface area (Å²) in [6, 6.07) is 0.220. The van der Waals surface area contributed by atoms with Crippen molar-refractivity contribution in [3.05, 3.63) is 0 Å². The zero-order valence-corrected chi connectivity index (χ0v) is 17.7. The number of carbonyl (C=O) groups is 2. The van der Waals surface area contributed by atoms with Crippen LogP contribution in [-0.4, -0.2) is 42.7 Å². The average molecular weight is 382 g/mol. The summed E-state index contributed by atoms with van der Waals surface area (Å²) in [7, 11) is 0. The van der Waals surface area contributed by atoms with Crippen LogP contribution in [0.1, 0.15) is 85.5 Å². The van der Waals surface area contributed by atoms with Gasteiger partial charge >= 0.3 is 0 Å². The Labute approximate surface area is 164 Å². The molecule has 2 fully saturated rings. The van der Waals surface area contributed by atoms with Gasteiger partial charge in [-0.1, -0.05) is 13.8 Å². The number of hydrogen-bond acceptors (Lipinski definition) is 4. The van der Waals surface area contributed by atoms with E-state index in [0.717, 1.165) is 51.4 Å². The van der Waals surface area contributed by atoms with Gasteiger partial charge in [-0.25, -0.2) is 0 Å². The normalized spacial score (nSPS) is 29.1. The predicted octanol–water partition coefficient (Wildman–Crippen LogP) is 4.03. The first kappa shape index (κ1) is 22.4. The van der Waals surface area contributed by atoms with Crippen molar-refractivity contribution in [2.45, 2.75) is 110 Å². The van der Waals surface area contributed by atoms with E-state index < -0.39 is 0 Å². The summed E-state index contributed by atoms with van der Waals surface area (Å²) in [6.07, 6.45) is 9.11. The quantitative estimate of drug-likeness (QED) is 0.655. The van der Waals surface area contributed by atoms with Crippen LogP contribution in [0.2, 0.25) is 0 Å². The van der Waals surface area contributed by atoms with Gasteiger partial charge in [-0.15, -0.1) is 0 Å². The van der Waals surface area contributed by atoms with Gasteiger partial charge in [0.2, 0.25) is 5.91 Å². The van der Waals surface area contributed by atoms with Crippen LogP contribution in [0.15, 0.2) is 0 Å². The first-order chi connectivity index (χ1) is 12.8. The van der Waals surface area contributed by atoms with Crippen LogP contribution in [0, 0.1) is 11.8 Å². The Kier molecular flexibility index (Phi) is 9.24. The average Bonchev–Trinajstić information content (AvgIpc) is 2.62. The van der Waals surface area contributed by atoms with Gasteiger partial charge in [-0.2, -0.15) is 0 Å². The maximum atomic E-state index is 12.2. The van der Waals surface area contributed by atoms with Gasteiger partial charge in [0.25, 0.3) is 0 Å². The van der Waals surface area contributed by atoms with Crippen molar-refractivity contribution in [2.75, 3.05) is 6.61 Å². The molecule has 0 saturated heterocycles. The van der Waals surface area contributed by atoms with E-state index in [9.17, 15) is 9.59 Å². The molecule has 1 N–H and O–H groups in total. The molecule has 1 amide bonds. The summed E-state index contributed by atoms with van der Waals surface area (Å²) in [5.41, 5.74) is 0. The second-order valence-electron chi connectivity index (χ2n) is 8.88. The van der Waals surface area contributed by atoms with Gasteiger partial charge in [-0.3, -0.25) is 9.59 Å². The van der Waals surface area contributed by atoms with Crippen LogP contribution in [0.25, 0.3) is 0 Å². The first-order valence-electron chi connectivity index (χ1n) is 10.9. The van der Waals surface area contributed by atoms with Gasteiger partial charge in [0.1, 0.15) is 5.78 Å². The summed E-state index contributed by atoms with van der Waals surface area (Å²) in [5.74, 6) is 0.758. The zero-order valence-electron chi connectivity index (χ0n) is 17.7. The van der Waals surface area contributed by atoms with E-state index in [1.165, 1.54) is 0 Å². The number of nitrogens with one attached hydrogen (secondary N) is 1. The second kappa shape index (κ2) is 11.2. The largest absolute Gasteiger partial charge is 0.378 e. The van der Waals surface area contributed by atoms with E-state index in [-0.39, 0.29) is 36.0 Å². The molecular formula is C22H39NO4. The van der Waals surface area contributed by atoms with Crippen molar-refractivity contribution in [3.63, 3.8) is 0 Å². The van der Waals surface area contributed by atoms with E-state index in [4.69, 9.17) is 9.47 Å². The Morgan fingerprint density at radius 3 is 2.04 bits per heavy atom. The Hall–Kier alpha value is -0.940. The Morgan fingerprint density at radius 2 is 1.48 bits per heavy atom. The Balaban J connectivity index is 1.55. The van der Waals surface area contributed by atoms with Crippen LogP contribution in [0.5, 0.6) is 0 Å². The molecule has 0 radical (unpaired) electrons. The molecule has 2 aliphatic rings. The molecule has 0 spiro atoms. The van der Waals surface area contributed by atoms with Crippen LogP contribution >= 0.6 is 0 Å². The number of ketones is 1. The SMILES string of the molecule is CC(C)O[C@H]1CC[C@@H](OCCC(=O)N[C@H]2CC[C@@H](C(=O)C(C)C)CC2)CC1. The number of hydrogen-bond donors (Lipinski definition) is 1. The molecule has 5 heteroatoms. The highest BCUT2D eigenvalue weighted by molar-refractivity contribution is 5.83. The fourth-order valence-electron chi connectivity index (χ4n) is 4.33. The van der Waals surface area contributed by atoms with E-state index in [0.29, 0.717) is 24.9 Å². The molecule has 0 atom stereocenters. The number of rotatable bonds is 9. The number of Topliss-reactive ketones (excluding diaryl/α,β-unsaturated/α-hetero) is 1. The van der Waals surface area contributed by atoms with Crippen LogP contribution in [-0.2, 0) is 19.1 Å². The van der Waals surface area contributed by atoms with Crippen molar-refractivity contribution in [3.8, 4) is 0 Å². The maximum Gasteiger partial charge on any atom is 0.222 e. The summed E-state index contributed by atoms with van der Waals surface area (Å²) < 4.78 is 11.8. The van der Waals surface area contributed by atoms with Gasteiger partial charge in [0.05, 0.1) is 24.9 Å². The van der Waals surface area contributed by atoms with Crippen molar-refractivity contribution in [2.24, 2.45) is 11.8 Å². The molecule has 27 heavy (non-hydrogen) atoms. The predicted molar refractivity (Wildman–Crippen MR) is 107 cm³/mol. The number of ether oxygens (including phenoxy) is 2. The standard InChI is InChI=1S/C22H39NO4/c1-15(2)22(25)17-5-7-18(8-6-17)23-21(24)13-14-26-19-9-11-20(12-10-19)27-16(3)4/h15-20H,5-14H2,1-4H3,(H,23,24)/t17-,18+,19-,20+. The summed E-state index contributed by atoms with van der Waals surface area (Å²) in [5, 5.41) is 3.12. The molecule has 2 aliphatic carbocycles. The zero-order chi connectivity index (χ0) is 19.8. The number of amides is 1. The van der Waals surface area contributed by atoms with E-state index >= 15 is 0 Å². The molecule has 2 saturated carbocycles. The van der Waals surface area contributed by atoms with Crippen molar-refractivity contribution in [1.29, 1.82) is 0 Å². The van der Waals surface area contributed by atoms with E-state index in [1.807, 2.05) is 13.8 Å². The molecular weight excluding hydrogens is 342 g/mol. The van der Waals surface area contributed by atoms with Gasteiger partial charge in [-0.05, 0) is 65.2 Å². The van der Waals surface area contributed by atoms with Crippen molar-refractivity contribution < 1.29 is 19.1 Å². The first-order valence-corrected chi connectivity index (χ1v) is 10.9. The summed E-state index contributed by atoms with van der Waals surface area (Å²) in [4.78, 5) is 24.3. The number of carbonyl (C=O) groups excluding carboxylic acids is 2. The molecule has 5 nitrogen and oxygen atoms in total. The third-order valence-electron chi connectivity index (χ3n) is 5.83. The summed E-state index contributed by atoms with van der Waals surface area (Å²) in [6.45, 7) is 8.60. The van der Waals surface area contributed by atoms with Crippen LogP contribution in [0.3, 0.4) is 0 Å². The fraction of sp³-hybridized carbons (Fsp3) is 0.909. The molecule has 0 unspecified atom stereocenters.